The van der Waals surface area contributed by atoms with Gasteiger partial charge in [0.25, 0.3) is 0 Å². The van der Waals surface area contributed by atoms with Crippen LogP contribution in [-0.2, 0) is 17.6 Å². The van der Waals surface area contributed by atoms with Crippen molar-refractivity contribution < 1.29 is 9.53 Å². The van der Waals surface area contributed by atoms with Crippen molar-refractivity contribution in [1.82, 2.24) is 4.90 Å². The van der Waals surface area contributed by atoms with Crippen LogP contribution in [-0.4, -0.2) is 30.5 Å². The standard InChI is InChI=1S/C26H37NO2/c1-3-9-27(22-8-7-19-5-4-6-25(29-2)24(19)15-22)26(28)16-23-20-11-17-10-18(13-20)14-21(23)12-17/h4-6,17-18,20-23H,3,7-16H2,1-2H3. The molecule has 1 aromatic carbocycles. The summed E-state index contributed by atoms with van der Waals surface area (Å²) in [6.07, 6.45) is 12.1. The first-order valence-corrected chi connectivity index (χ1v) is 12.1. The summed E-state index contributed by atoms with van der Waals surface area (Å²) >= 11 is 0. The van der Waals surface area contributed by atoms with E-state index in [0.717, 1.165) is 68.1 Å². The smallest absolute Gasteiger partial charge is 0.223 e. The second kappa shape index (κ2) is 7.96. The molecule has 0 aromatic heterocycles. The van der Waals surface area contributed by atoms with Gasteiger partial charge in [-0.2, -0.15) is 0 Å². The average molecular weight is 396 g/mol. The zero-order chi connectivity index (χ0) is 20.0. The Balaban J connectivity index is 1.31. The molecule has 1 amide bonds. The van der Waals surface area contributed by atoms with E-state index in [0.29, 0.717) is 17.9 Å². The molecule has 4 saturated carbocycles. The van der Waals surface area contributed by atoms with E-state index in [9.17, 15) is 4.79 Å². The Morgan fingerprint density at radius 1 is 1.10 bits per heavy atom. The molecular weight excluding hydrogens is 358 g/mol. The number of benzene rings is 1. The molecule has 3 nitrogen and oxygen atoms in total. The van der Waals surface area contributed by atoms with E-state index in [4.69, 9.17) is 4.74 Å². The molecule has 0 aliphatic heterocycles. The Kier molecular flexibility index (Phi) is 5.34. The number of ether oxygens (including phenoxy) is 1. The molecule has 1 aromatic rings. The van der Waals surface area contributed by atoms with Crippen LogP contribution in [0.25, 0.3) is 0 Å². The molecule has 6 rings (SSSR count). The molecule has 0 N–H and O–H groups in total. The molecule has 4 bridgehead atoms. The van der Waals surface area contributed by atoms with Gasteiger partial charge in [0.1, 0.15) is 5.75 Å². The molecule has 0 spiro atoms. The summed E-state index contributed by atoms with van der Waals surface area (Å²) in [4.78, 5) is 15.8. The summed E-state index contributed by atoms with van der Waals surface area (Å²) in [5.74, 6) is 5.75. The number of fused-ring (bicyclic) bond motifs is 1. The van der Waals surface area contributed by atoms with Gasteiger partial charge in [0.15, 0.2) is 0 Å². The van der Waals surface area contributed by atoms with Gasteiger partial charge in [0, 0.05) is 19.0 Å². The monoisotopic (exact) mass is 395 g/mol. The second-order valence-corrected chi connectivity index (χ2v) is 10.4. The van der Waals surface area contributed by atoms with Gasteiger partial charge in [0.2, 0.25) is 5.91 Å². The number of nitrogens with zero attached hydrogens (tertiary/aromatic N) is 1. The normalized spacial score (nSPS) is 34.7. The SMILES string of the molecule is CCCN(C(=O)CC1C2CC3CC(C2)CC1C3)C1CCc2cccc(OC)c2C1. The third-order valence-corrected chi connectivity index (χ3v) is 8.69. The highest BCUT2D eigenvalue weighted by molar-refractivity contribution is 5.77. The van der Waals surface area contributed by atoms with Crippen LogP contribution in [0.15, 0.2) is 18.2 Å². The van der Waals surface area contributed by atoms with Gasteiger partial charge in [-0.1, -0.05) is 19.1 Å². The Labute approximate surface area is 176 Å². The maximum atomic E-state index is 13.6. The van der Waals surface area contributed by atoms with Gasteiger partial charge in [-0.25, -0.2) is 0 Å². The summed E-state index contributed by atoms with van der Waals surface area (Å²) in [6, 6.07) is 6.73. The Hall–Kier alpha value is -1.51. The van der Waals surface area contributed by atoms with Crippen LogP contribution in [0.2, 0.25) is 0 Å². The van der Waals surface area contributed by atoms with Gasteiger partial charge >= 0.3 is 0 Å². The average Bonchev–Trinajstić information content (AvgIpc) is 2.73. The van der Waals surface area contributed by atoms with Crippen molar-refractivity contribution >= 4 is 5.91 Å². The van der Waals surface area contributed by atoms with Crippen LogP contribution in [0.5, 0.6) is 5.75 Å². The highest BCUT2D eigenvalue weighted by Gasteiger charge is 2.49. The zero-order valence-corrected chi connectivity index (χ0v) is 18.2. The Morgan fingerprint density at radius 2 is 1.83 bits per heavy atom. The lowest BCUT2D eigenvalue weighted by Crippen LogP contribution is -2.49. The maximum Gasteiger partial charge on any atom is 0.223 e. The zero-order valence-electron chi connectivity index (χ0n) is 18.2. The van der Waals surface area contributed by atoms with Crippen LogP contribution in [0.3, 0.4) is 0 Å². The first-order chi connectivity index (χ1) is 14.2. The fourth-order valence-electron chi connectivity index (χ4n) is 7.64. The summed E-state index contributed by atoms with van der Waals surface area (Å²) < 4.78 is 5.64. The molecule has 1 atom stereocenters. The van der Waals surface area contributed by atoms with E-state index in [1.807, 2.05) is 0 Å². The largest absolute Gasteiger partial charge is 0.496 e. The van der Waals surface area contributed by atoms with E-state index in [2.05, 4.69) is 30.0 Å². The summed E-state index contributed by atoms with van der Waals surface area (Å²) in [5.41, 5.74) is 2.74. The first-order valence-electron chi connectivity index (χ1n) is 12.1. The predicted octanol–water partition coefficient (Wildman–Crippen LogP) is 5.25. The number of rotatable bonds is 6. The van der Waals surface area contributed by atoms with Gasteiger partial charge in [-0.3, -0.25) is 4.79 Å². The number of carbonyl (C=O) groups is 1. The van der Waals surface area contributed by atoms with Crippen molar-refractivity contribution in [2.24, 2.45) is 29.6 Å². The van der Waals surface area contributed by atoms with Crippen LogP contribution < -0.4 is 4.74 Å². The summed E-state index contributed by atoms with van der Waals surface area (Å²) in [6.45, 7) is 3.11. The van der Waals surface area contributed by atoms with Crippen LogP contribution in [0.1, 0.15) is 69.4 Å². The van der Waals surface area contributed by atoms with Crippen LogP contribution in [0, 0.1) is 29.6 Å². The molecule has 0 saturated heterocycles. The van der Waals surface area contributed by atoms with E-state index in [1.165, 1.54) is 43.2 Å². The molecule has 0 radical (unpaired) electrons. The van der Waals surface area contributed by atoms with E-state index >= 15 is 0 Å². The topological polar surface area (TPSA) is 29.5 Å². The third-order valence-electron chi connectivity index (χ3n) is 8.69. The Morgan fingerprint density at radius 3 is 2.48 bits per heavy atom. The molecular formula is C26H37NO2. The summed E-state index contributed by atoms with van der Waals surface area (Å²) in [5, 5.41) is 0. The summed E-state index contributed by atoms with van der Waals surface area (Å²) in [7, 11) is 1.76. The maximum absolute atomic E-state index is 13.6. The lowest BCUT2D eigenvalue weighted by atomic mass is 9.51. The third kappa shape index (κ3) is 3.59. The minimum Gasteiger partial charge on any atom is -0.496 e. The van der Waals surface area contributed by atoms with Crippen molar-refractivity contribution in [2.75, 3.05) is 13.7 Å². The van der Waals surface area contributed by atoms with E-state index in [1.54, 1.807) is 7.11 Å². The van der Waals surface area contributed by atoms with Crippen molar-refractivity contribution in [3.63, 3.8) is 0 Å². The lowest BCUT2D eigenvalue weighted by Gasteiger charge is -2.54. The number of aryl methyl sites for hydroxylation is 1. The van der Waals surface area contributed by atoms with Gasteiger partial charge in [-0.05, 0) is 105 Å². The Bertz CT molecular complexity index is 715. The van der Waals surface area contributed by atoms with Crippen LogP contribution in [0.4, 0.5) is 0 Å². The molecule has 0 heterocycles. The molecule has 29 heavy (non-hydrogen) atoms. The van der Waals surface area contributed by atoms with E-state index in [-0.39, 0.29) is 0 Å². The number of methoxy groups -OCH3 is 1. The minimum atomic E-state index is 0.336. The number of hydrogen-bond donors (Lipinski definition) is 0. The van der Waals surface area contributed by atoms with E-state index < -0.39 is 0 Å². The predicted molar refractivity (Wildman–Crippen MR) is 116 cm³/mol. The minimum absolute atomic E-state index is 0.336. The molecule has 3 heteroatoms. The molecule has 1 unspecified atom stereocenters. The quantitative estimate of drug-likeness (QED) is 0.658. The van der Waals surface area contributed by atoms with Crippen LogP contribution >= 0.6 is 0 Å². The van der Waals surface area contributed by atoms with Gasteiger partial charge < -0.3 is 9.64 Å². The molecule has 5 aliphatic carbocycles. The van der Waals surface area contributed by atoms with Crippen molar-refractivity contribution in [2.45, 2.75) is 77.2 Å². The fraction of sp³-hybridized carbons (Fsp3) is 0.731. The highest BCUT2D eigenvalue weighted by Crippen LogP contribution is 2.57. The van der Waals surface area contributed by atoms with Crippen molar-refractivity contribution in [3.8, 4) is 5.75 Å². The number of amides is 1. The van der Waals surface area contributed by atoms with Crippen molar-refractivity contribution in [3.05, 3.63) is 29.3 Å². The first kappa shape index (κ1) is 19.5. The van der Waals surface area contributed by atoms with Crippen molar-refractivity contribution in [1.29, 1.82) is 0 Å². The molecule has 158 valence electrons. The number of hydrogen-bond acceptors (Lipinski definition) is 2. The van der Waals surface area contributed by atoms with Gasteiger partial charge in [-0.15, -0.1) is 0 Å². The lowest BCUT2D eigenvalue weighted by molar-refractivity contribution is -0.139. The second-order valence-electron chi connectivity index (χ2n) is 10.4. The highest BCUT2D eigenvalue weighted by atomic mass is 16.5. The number of carbonyl (C=O) groups excluding carboxylic acids is 1. The fourth-order valence-corrected chi connectivity index (χ4v) is 7.64. The molecule has 5 aliphatic rings. The molecule has 4 fully saturated rings. The van der Waals surface area contributed by atoms with Gasteiger partial charge in [0.05, 0.1) is 7.11 Å².